The van der Waals surface area contributed by atoms with E-state index in [0.717, 1.165) is 0 Å². The van der Waals surface area contributed by atoms with Gasteiger partial charge < -0.3 is 9.47 Å². The average Bonchev–Trinajstić information content (AvgIpc) is 2.35. The minimum Gasteiger partial charge on any atom is -0.367 e. The number of ketones is 2. The molecular formula is C15H24O4. The molecule has 108 valence electrons. The maximum absolute atomic E-state index is 11.5. The predicted molar refractivity (Wildman–Crippen MR) is 75.1 cm³/mol. The Labute approximate surface area is 115 Å². The molecule has 0 aromatic heterocycles. The number of carbonyl (C=O) groups excluding carboxylic acids is 2. The van der Waals surface area contributed by atoms with E-state index in [1.165, 1.54) is 12.2 Å². The number of carbonyl (C=O) groups is 2. The van der Waals surface area contributed by atoms with Crippen LogP contribution in [0.3, 0.4) is 0 Å². The van der Waals surface area contributed by atoms with Gasteiger partial charge in [-0.25, -0.2) is 0 Å². The first-order chi connectivity index (χ1) is 8.67. The molecule has 0 radical (unpaired) electrons. The van der Waals surface area contributed by atoms with E-state index in [2.05, 4.69) is 13.2 Å². The Balaban J connectivity index is 4.01. The molecule has 0 saturated heterocycles. The lowest BCUT2D eigenvalue weighted by molar-refractivity contribution is -0.139. The van der Waals surface area contributed by atoms with Crippen LogP contribution in [0.5, 0.6) is 0 Å². The molecule has 0 rings (SSSR count). The third kappa shape index (κ3) is 5.94. The zero-order valence-electron chi connectivity index (χ0n) is 12.3. The summed E-state index contributed by atoms with van der Waals surface area (Å²) < 4.78 is 11.0. The van der Waals surface area contributed by atoms with Crippen LogP contribution in [0.25, 0.3) is 0 Å². The third-order valence-corrected chi connectivity index (χ3v) is 2.77. The first-order valence-corrected chi connectivity index (χ1v) is 6.29. The topological polar surface area (TPSA) is 52.6 Å². The molecule has 19 heavy (non-hydrogen) atoms. The van der Waals surface area contributed by atoms with Gasteiger partial charge in [-0.2, -0.15) is 0 Å². The van der Waals surface area contributed by atoms with Crippen LogP contribution in [0.1, 0.15) is 34.1 Å². The molecule has 0 atom stereocenters. The van der Waals surface area contributed by atoms with E-state index in [1.54, 1.807) is 27.7 Å². The molecule has 0 unspecified atom stereocenters. The van der Waals surface area contributed by atoms with Gasteiger partial charge in [-0.1, -0.05) is 13.2 Å². The molecule has 0 amide bonds. The highest BCUT2D eigenvalue weighted by Gasteiger charge is 2.27. The summed E-state index contributed by atoms with van der Waals surface area (Å²) in [6, 6.07) is 0. The van der Waals surface area contributed by atoms with Gasteiger partial charge in [0.1, 0.15) is 11.2 Å². The van der Waals surface area contributed by atoms with Crippen molar-refractivity contribution in [2.75, 3.05) is 13.2 Å². The standard InChI is InChI=1S/C15H24O4/c1-7-12(16)14(3,4)18-10-9-11-19-15(5,6)13(17)8-2/h7-8H,1-2,9-11H2,3-6H3. The number of rotatable bonds is 10. The Morgan fingerprint density at radius 1 is 0.895 bits per heavy atom. The normalized spacial score (nSPS) is 12.0. The summed E-state index contributed by atoms with van der Waals surface area (Å²) in [4.78, 5) is 22.9. The number of ether oxygens (including phenoxy) is 2. The van der Waals surface area contributed by atoms with Crippen molar-refractivity contribution in [2.45, 2.75) is 45.3 Å². The minimum atomic E-state index is -0.867. The molecule has 0 heterocycles. The highest BCUT2D eigenvalue weighted by atomic mass is 16.5. The molecule has 0 saturated carbocycles. The maximum Gasteiger partial charge on any atom is 0.186 e. The summed E-state index contributed by atoms with van der Waals surface area (Å²) in [7, 11) is 0. The first-order valence-electron chi connectivity index (χ1n) is 6.29. The second kappa shape index (κ2) is 7.36. The van der Waals surface area contributed by atoms with E-state index >= 15 is 0 Å². The first kappa shape index (κ1) is 17.7. The summed E-state index contributed by atoms with van der Waals surface area (Å²) in [6.07, 6.45) is 3.10. The number of hydrogen-bond donors (Lipinski definition) is 0. The van der Waals surface area contributed by atoms with Gasteiger partial charge in [-0.3, -0.25) is 9.59 Å². The van der Waals surface area contributed by atoms with Crippen molar-refractivity contribution >= 4 is 11.6 Å². The fourth-order valence-electron chi connectivity index (χ4n) is 1.35. The third-order valence-electron chi connectivity index (χ3n) is 2.77. The van der Waals surface area contributed by atoms with Gasteiger partial charge in [0, 0.05) is 0 Å². The Morgan fingerprint density at radius 3 is 1.47 bits per heavy atom. The Hall–Kier alpha value is -1.26. The van der Waals surface area contributed by atoms with Gasteiger partial charge in [0.25, 0.3) is 0 Å². The van der Waals surface area contributed by atoms with Crippen LogP contribution in [-0.4, -0.2) is 36.0 Å². The molecule has 4 heteroatoms. The molecule has 0 bridgehead atoms. The zero-order chi connectivity index (χ0) is 15.1. The van der Waals surface area contributed by atoms with Gasteiger partial charge in [-0.15, -0.1) is 0 Å². The van der Waals surface area contributed by atoms with Crippen molar-refractivity contribution < 1.29 is 19.1 Å². The van der Waals surface area contributed by atoms with Crippen molar-refractivity contribution in [2.24, 2.45) is 0 Å². The molecule has 0 aromatic rings. The lowest BCUT2D eigenvalue weighted by atomic mass is 10.0. The Morgan fingerprint density at radius 2 is 1.21 bits per heavy atom. The van der Waals surface area contributed by atoms with Gasteiger partial charge in [0.2, 0.25) is 0 Å². The van der Waals surface area contributed by atoms with Crippen molar-refractivity contribution in [1.82, 2.24) is 0 Å². The average molecular weight is 268 g/mol. The quantitative estimate of drug-likeness (QED) is 0.451. The molecule has 0 aliphatic heterocycles. The van der Waals surface area contributed by atoms with Crippen molar-refractivity contribution in [1.29, 1.82) is 0 Å². The summed E-state index contributed by atoms with van der Waals surface area (Å²) in [6.45, 7) is 14.4. The van der Waals surface area contributed by atoms with Crippen LogP contribution in [0.4, 0.5) is 0 Å². The van der Waals surface area contributed by atoms with E-state index in [9.17, 15) is 9.59 Å². The van der Waals surface area contributed by atoms with Gasteiger partial charge in [0.05, 0.1) is 13.2 Å². The highest BCUT2D eigenvalue weighted by molar-refractivity contribution is 5.96. The van der Waals surface area contributed by atoms with E-state index in [0.29, 0.717) is 19.6 Å². The van der Waals surface area contributed by atoms with Crippen LogP contribution in [0, 0.1) is 0 Å². The van der Waals surface area contributed by atoms with E-state index in [4.69, 9.17) is 9.47 Å². The molecule has 0 aromatic carbocycles. The SMILES string of the molecule is C=CC(=O)C(C)(C)OCCCOC(C)(C)C(=O)C=C. The fraction of sp³-hybridized carbons (Fsp3) is 0.600. The summed E-state index contributed by atoms with van der Waals surface area (Å²) in [5.74, 6) is -0.314. The number of hydrogen-bond acceptors (Lipinski definition) is 4. The summed E-state index contributed by atoms with van der Waals surface area (Å²) in [5, 5.41) is 0. The van der Waals surface area contributed by atoms with Crippen LogP contribution >= 0.6 is 0 Å². The van der Waals surface area contributed by atoms with Gasteiger partial charge >= 0.3 is 0 Å². The smallest absolute Gasteiger partial charge is 0.186 e. The van der Waals surface area contributed by atoms with Gasteiger partial charge in [-0.05, 0) is 46.3 Å². The molecule has 0 spiro atoms. The Kier molecular flexibility index (Phi) is 6.87. The van der Waals surface area contributed by atoms with Crippen LogP contribution < -0.4 is 0 Å². The predicted octanol–water partition coefficient (Wildman–Crippen LogP) is 2.48. The van der Waals surface area contributed by atoms with Crippen molar-refractivity contribution in [3.8, 4) is 0 Å². The molecule has 0 aliphatic rings. The van der Waals surface area contributed by atoms with E-state index in [-0.39, 0.29) is 11.6 Å². The largest absolute Gasteiger partial charge is 0.367 e. The highest BCUT2D eigenvalue weighted by Crippen LogP contribution is 2.14. The van der Waals surface area contributed by atoms with Crippen molar-refractivity contribution in [3.05, 3.63) is 25.3 Å². The second-order valence-electron chi connectivity index (χ2n) is 5.21. The Bertz CT molecular complexity index is 319. The molecule has 0 fully saturated rings. The van der Waals surface area contributed by atoms with Crippen molar-refractivity contribution in [3.63, 3.8) is 0 Å². The zero-order valence-corrected chi connectivity index (χ0v) is 12.3. The van der Waals surface area contributed by atoms with E-state index < -0.39 is 11.2 Å². The molecule has 0 N–H and O–H groups in total. The lowest BCUT2D eigenvalue weighted by Gasteiger charge is -2.24. The summed E-state index contributed by atoms with van der Waals surface area (Å²) >= 11 is 0. The van der Waals surface area contributed by atoms with Crippen LogP contribution in [0.15, 0.2) is 25.3 Å². The fourth-order valence-corrected chi connectivity index (χ4v) is 1.35. The van der Waals surface area contributed by atoms with Crippen LogP contribution in [0.2, 0.25) is 0 Å². The monoisotopic (exact) mass is 268 g/mol. The molecule has 4 nitrogen and oxygen atoms in total. The minimum absolute atomic E-state index is 0.157. The molecule has 0 aliphatic carbocycles. The van der Waals surface area contributed by atoms with Gasteiger partial charge in [0.15, 0.2) is 11.6 Å². The maximum atomic E-state index is 11.5. The van der Waals surface area contributed by atoms with E-state index in [1.807, 2.05) is 0 Å². The molecular weight excluding hydrogens is 244 g/mol. The lowest BCUT2D eigenvalue weighted by Crippen LogP contribution is -2.35. The van der Waals surface area contributed by atoms with Crippen LogP contribution in [-0.2, 0) is 19.1 Å². The second-order valence-corrected chi connectivity index (χ2v) is 5.21. The summed E-state index contributed by atoms with van der Waals surface area (Å²) in [5.41, 5.74) is -1.73.